The summed E-state index contributed by atoms with van der Waals surface area (Å²) in [6.07, 6.45) is 0. The lowest BCUT2D eigenvalue weighted by molar-refractivity contribution is -0.139. The number of sulfonamides is 1. The van der Waals surface area contributed by atoms with Gasteiger partial charge in [0.25, 0.3) is 0 Å². The largest absolute Gasteiger partial charge is 0.465 e. The molecule has 0 heterocycles. The summed E-state index contributed by atoms with van der Waals surface area (Å²) < 4.78 is 43.5. The van der Waals surface area contributed by atoms with E-state index in [4.69, 9.17) is 0 Å². The molecule has 0 saturated heterocycles. The molecule has 0 bridgehead atoms. The Hall–Kier alpha value is -1.15. The molecule has 106 valence electrons. The van der Waals surface area contributed by atoms with Crippen LogP contribution >= 0.6 is 15.9 Å². The molecule has 0 aliphatic heterocycles. The molecule has 0 unspecified atom stereocenters. The standard InChI is InChI=1S/C11H13BrFNO4S/c1-3-18-11(15)6-19(16,17)14-10-5-8(12)9(13)4-7(10)2/h4-5,14H,3,6H2,1-2H3. The second kappa shape index (κ2) is 6.33. The Kier molecular flexibility index (Phi) is 5.30. The van der Waals surface area contributed by atoms with Crippen molar-refractivity contribution in [1.29, 1.82) is 0 Å². The Morgan fingerprint density at radius 3 is 2.68 bits per heavy atom. The number of hydrogen-bond donors (Lipinski definition) is 1. The van der Waals surface area contributed by atoms with Crippen molar-refractivity contribution < 1.29 is 22.3 Å². The van der Waals surface area contributed by atoms with E-state index >= 15 is 0 Å². The molecule has 5 nitrogen and oxygen atoms in total. The number of rotatable bonds is 5. The van der Waals surface area contributed by atoms with E-state index in [2.05, 4.69) is 25.4 Å². The summed E-state index contributed by atoms with van der Waals surface area (Å²) in [5.74, 6) is -2.12. The molecule has 0 atom stereocenters. The minimum absolute atomic E-state index is 0.107. The van der Waals surface area contributed by atoms with Crippen LogP contribution in [-0.2, 0) is 19.6 Å². The van der Waals surface area contributed by atoms with Crippen molar-refractivity contribution in [3.63, 3.8) is 0 Å². The zero-order chi connectivity index (χ0) is 14.6. The summed E-state index contributed by atoms with van der Waals surface area (Å²) in [6, 6.07) is 2.49. The fourth-order valence-corrected chi connectivity index (χ4v) is 2.68. The molecule has 0 aromatic heterocycles. The second-order valence-electron chi connectivity index (χ2n) is 3.75. The Morgan fingerprint density at radius 1 is 1.47 bits per heavy atom. The van der Waals surface area contributed by atoms with Crippen LogP contribution < -0.4 is 4.72 Å². The van der Waals surface area contributed by atoms with Gasteiger partial charge >= 0.3 is 5.97 Å². The molecular weight excluding hydrogens is 341 g/mol. The van der Waals surface area contributed by atoms with Crippen LogP contribution in [0.1, 0.15) is 12.5 Å². The number of halogens is 2. The molecule has 0 fully saturated rings. The number of nitrogens with one attached hydrogen (secondary N) is 1. The van der Waals surface area contributed by atoms with Crippen molar-refractivity contribution in [3.8, 4) is 0 Å². The fourth-order valence-electron chi connectivity index (χ4n) is 1.32. The zero-order valence-electron chi connectivity index (χ0n) is 10.4. The molecule has 1 rings (SSSR count). The number of benzene rings is 1. The third-order valence-electron chi connectivity index (χ3n) is 2.15. The van der Waals surface area contributed by atoms with Crippen molar-refractivity contribution >= 4 is 37.6 Å². The Morgan fingerprint density at radius 2 is 2.11 bits per heavy atom. The van der Waals surface area contributed by atoms with Gasteiger partial charge in [-0.1, -0.05) is 0 Å². The van der Waals surface area contributed by atoms with E-state index in [0.717, 1.165) is 0 Å². The zero-order valence-corrected chi connectivity index (χ0v) is 12.8. The van der Waals surface area contributed by atoms with Crippen LogP contribution in [0, 0.1) is 12.7 Å². The highest BCUT2D eigenvalue weighted by molar-refractivity contribution is 9.10. The van der Waals surface area contributed by atoms with Crippen LogP contribution in [0.3, 0.4) is 0 Å². The number of ether oxygens (including phenoxy) is 1. The van der Waals surface area contributed by atoms with Crippen molar-refractivity contribution in [2.75, 3.05) is 17.1 Å². The molecule has 0 saturated carbocycles. The monoisotopic (exact) mass is 353 g/mol. The van der Waals surface area contributed by atoms with Crippen LogP contribution in [0.15, 0.2) is 16.6 Å². The lowest BCUT2D eigenvalue weighted by Gasteiger charge is -2.11. The average molecular weight is 354 g/mol. The maximum Gasteiger partial charge on any atom is 0.323 e. The highest BCUT2D eigenvalue weighted by Crippen LogP contribution is 2.25. The molecule has 1 aromatic rings. The highest BCUT2D eigenvalue weighted by atomic mass is 79.9. The van der Waals surface area contributed by atoms with Crippen LogP contribution in [0.5, 0.6) is 0 Å². The molecule has 1 N–H and O–H groups in total. The molecular formula is C11H13BrFNO4S. The van der Waals surface area contributed by atoms with Crippen LogP contribution in [0.2, 0.25) is 0 Å². The van der Waals surface area contributed by atoms with Gasteiger partial charge in [0.2, 0.25) is 10.0 Å². The lowest BCUT2D eigenvalue weighted by atomic mass is 10.2. The molecule has 1 aromatic carbocycles. The first-order chi connectivity index (χ1) is 8.75. The van der Waals surface area contributed by atoms with Crippen LogP contribution in [0.25, 0.3) is 0 Å². The fraction of sp³-hybridized carbons (Fsp3) is 0.364. The van der Waals surface area contributed by atoms with E-state index in [9.17, 15) is 17.6 Å². The number of aryl methyl sites for hydroxylation is 1. The van der Waals surface area contributed by atoms with Gasteiger partial charge in [0.05, 0.1) is 16.8 Å². The Bertz CT molecular complexity index is 589. The minimum Gasteiger partial charge on any atom is -0.465 e. The molecule has 19 heavy (non-hydrogen) atoms. The maximum absolute atomic E-state index is 13.2. The number of carbonyl (C=O) groups excluding carboxylic acids is 1. The predicted octanol–water partition coefficient (Wildman–Crippen LogP) is 2.20. The molecule has 0 aliphatic rings. The maximum atomic E-state index is 13.2. The molecule has 0 aliphatic carbocycles. The SMILES string of the molecule is CCOC(=O)CS(=O)(=O)Nc1cc(Br)c(F)cc1C. The van der Waals surface area contributed by atoms with Gasteiger partial charge in [-0.2, -0.15) is 0 Å². The van der Waals surface area contributed by atoms with Crippen LogP contribution in [0.4, 0.5) is 10.1 Å². The van der Waals surface area contributed by atoms with Gasteiger partial charge in [0.15, 0.2) is 5.75 Å². The molecule has 0 amide bonds. The smallest absolute Gasteiger partial charge is 0.323 e. The number of carbonyl (C=O) groups is 1. The third-order valence-corrected chi connectivity index (χ3v) is 3.90. The first kappa shape index (κ1) is 15.9. The van der Waals surface area contributed by atoms with E-state index in [1.807, 2.05) is 0 Å². The predicted molar refractivity (Wildman–Crippen MR) is 72.9 cm³/mol. The quantitative estimate of drug-likeness (QED) is 0.823. The number of esters is 1. The summed E-state index contributed by atoms with van der Waals surface area (Å²) in [7, 11) is -3.88. The van der Waals surface area contributed by atoms with E-state index in [-0.39, 0.29) is 16.8 Å². The summed E-state index contributed by atoms with van der Waals surface area (Å²) in [6.45, 7) is 3.24. The molecule has 0 radical (unpaired) electrons. The number of hydrogen-bond acceptors (Lipinski definition) is 4. The van der Waals surface area contributed by atoms with Gasteiger partial charge in [-0.05, 0) is 47.5 Å². The van der Waals surface area contributed by atoms with Gasteiger partial charge in [0, 0.05) is 0 Å². The van der Waals surface area contributed by atoms with Gasteiger partial charge in [0.1, 0.15) is 5.82 Å². The summed E-state index contributed by atoms with van der Waals surface area (Å²) >= 11 is 2.96. The highest BCUT2D eigenvalue weighted by Gasteiger charge is 2.19. The number of anilines is 1. The Balaban J connectivity index is 2.90. The summed E-state index contributed by atoms with van der Waals surface area (Å²) in [5.41, 5.74) is 0.616. The van der Waals surface area contributed by atoms with Crippen molar-refractivity contribution in [1.82, 2.24) is 0 Å². The van der Waals surface area contributed by atoms with E-state index in [1.165, 1.54) is 12.1 Å². The lowest BCUT2D eigenvalue weighted by Crippen LogP contribution is -2.24. The summed E-state index contributed by atoms with van der Waals surface area (Å²) in [5, 5.41) is 0. The van der Waals surface area contributed by atoms with Gasteiger partial charge in [-0.25, -0.2) is 12.8 Å². The second-order valence-corrected chi connectivity index (χ2v) is 6.32. The van der Waals surface area contributed by atoms with E-state index < -0.39 is 27.6 Å². The van der Waals surface area contributed by atoms with E-state index in [1.54, 1.807) is 13.8 Å². The normalized spacial score (nSPS) is 11.2. The first-order valence-electron chi connectivity index (χ1n) is 5.37. The molecule has 0 spiro atoms. The summed E-state index contributed by atoms with van der Waals surface area (Å²) in [4.78, 5) is 11.1. The van der Waals surface area contributed by atoms with Crippen molar-refractivity contribution in [2.24, 2.45) is 0 Å². The van der Waals surface area contributed by atoms with Gasteiger partial charge < -0.3 is 4.74 Å². The average Bonchev–Trinajstić information content (AvgIpc) is 2.24. The van der Waals surface area contributed by atoms with Crippen molar-refractivity contribution in [3.05, 3.63) is 28.0 Å². The van der Waals surface area contributed by atoms with Crippen molar-refractivity contribution in [2.45, 2.75) is 13.8 Å². The third kappa shape index (κ3) is 4.79. The van der Waals surface area contributed by atoms with Crippen LogP contribution in [-0.4, -0.2) is 26.7 Å². The topological polar surface area (TPSA) is 72.5 Å². The molecule has 8 heteroatoms. The Labute approximate surface area is 119 Å². The van der Waals surface area contributed by atoms with Gasteiger partial charge in [-0.3, -0.25) is 9.52 Å². The first-order valence-corrected chi connectivity index (χ1v) is 7.81. The van der Waals surface area contributed by atoms with E-state index in [0.29, 0.717) is 5.56 Å². The van der Waals surface area contributed by atoms with Gasteiger partial charge in [-0.15, -0.1) is 0 Å². The minimum atomic E-state index is -3.88.